The van der Waals surface area contributed by atoms with Gasteiger partial charge in [0.05, 0.1) is 0 Å². The van der Waals surface area contributed by atoms with E-state index in [1.807, 2.05) is 6.08 Å². The molecule has 0 aliphatic rings. The predicted molar refractivity (Wildman–Crippen MR) is 56.2 cm³/mol. The molecule has 0 bridgehead atoms. The summed E-state index contributed by atoms with van der Waals surface area (Å²) in [7, 11) is 0. The maximum absolute atomic E-state index is 3.72. The van der Waals surface area contributed by atoms with Crippen LogP contribution in [0.1, 0.15) is 39.5 Å². The van der Waals surface area contributed by atoms with Crippen molar-refractivity contribution in [2.24, 2.45) is 5.41 Å². The zero-order valence-corrected chi connectivity index (χ0v) is 9.28. The van der Waals surface area contributed by atoms with Crippen molar-refractivity contribution < 1.29 is 0 Å². The van der Waals surface area contributed by atoms with Crippen molar-refractivity contribution in [3.63, 3.8) is 0 Å². The lowest BCUT2D eigenvalue weighted by Crippen LogP contribution is -2.16. The van der Waals surface area contributed by atoms with Crippen LogP contribution in [0, 0.1) is 5.41 Å². The Morgan fingerprint density at radius 1 is 1.55 bits per heavy atom. The second-order valence-corrected chi connectivity index (χ2v) is 4.04. The Balaban J connectivity index is 3.59. The van der Waals surface area contributed by atoms with E-state index in [-0.39, 0.29) is 0 Å². The number of allylic oxidation sites excluding steroid dienone is 1. The highest BCUT2D eigenvalue weighted by atomic mass is 79.9. The SMILES string of the molecule is C=CCCCC(C)(CC)CBr. The number of hydrogen-bond acceptors (Lipinski definition) is 0. The smallest absolute Gasteiger partial charge is 0.00852 e. The fourth-order valence-corrected chi connectivity index (χ4v) is 1.69. The van der Waals surface area contributed by atoms with Gasteiger partial charge < -0.3 is 0 Å². The molecule has 1 atom stereocenters. The van der Waals surface area contributed by atoms with E-state index in [1.165, 1.54) is 19.3 Å². The summed E-state index contributed by atoms with van der Waals surface area (Å²) in [5.74, 6) is 0. The molecule has 0 aromatic rings. The summed E-state index contributed by atoms with van der Waals surface area (Å²) in [6, 6.07) is 0. The second kappa shape index (κ2) is 5.82. The fraction of sp³-hybridized carbons (Fsp3) is 0.800. The van der Waals surface area contributed by atoms with Gasteiger partial charge in [-0.3, -0.25) is 0 Å². The van der Waals surface area contributed by atoms with Crippen molar-refractivity contribution >= 4 is 15.9 Å². The highest BCUT2D eigenvalue weighted by Crippen LogP contribution is 2.29. The highest BCUT2D eigenvalue weighted by molar-refractivity contribution is 9.09. The Labute approximate surface area is 79.2 Å². The molecule has 0 spiro atoms. The van der Waals surface area contributed by atoms with Crippen LogP contribution in [0.2, 0.25) is 0 Å². The van der Waals surface area contributed by atoms with Crippen LogP contribution in [0.25, 0.3) is 0 Å². The monoisotopic (exact) mass is 218 g/mol. The van der Waals surface area contributed by atoms with E-state index in [1.54, 1.807) is 0 Å². The lowest BCUT2D eigenvalue weighted by Gasteiger charge is -2.25. The first-order valence-electron chi connectivity index (χ1n) is 4.35. The quantitative estimate of drug-likeness (QED) is 0.357. The molecule has 0 nitrogen and oxygen atoms in total. The molecule has 0 fully saturated rings. The van der Waals surface area contributed by atoms with Crippen LogP contribution in [0.4, 0.5) is 0 Å². The van der Waals surface area contributed by atoms with Crippen molar-refractivity contribution in [1.29, 1.82) is 0 Å². The van der Waals surface area contributed by atoms with Crippen LogP contribution in [-0.2, 0) is 0 Å². The number of rotatable bonds is 6. The molecule has 0 aromatic heterocycles. The van der Waals surface area contributed by atoms with Crippen LogP contribution < -0.4 is 0 Å². The zero-order chi connectivity index (χ0) is 8.74. The normalized spacial score (nSPS) is 15.9. The molecular formula is C10H19Br. The van der Waals surface area contributed by atoms with Gasteiger partial charge in [0, 0.05) is 5.33 Å². The molecule has 1 heteroatoms. The first-order chi connectivity index (χ1) is 5.18. The summed E-state index contributed by atoms with van der Waals surface area (Å²) in [5, 5.41) is 1.12. The summed E-state index contributed by atoms with van der Waals surface area (Å²) in [6.45, 7) is 8.32. The van der Waals surface area contributed by atoms with Crippen LogP contribution in [0.5, 0.6) is 0 Å². The van der Waals surface area contributed by atoms with Gasteiger partial charge in [-0.25, -0.2) is 0 Å². The van der Waals surface area contributed by atoms with Gasteiger partial charge in [0.1, 0.15) is 0 Å². The van der Waals surface area contributed by atoms with Crippen molar-refractivity contribution in [2.75, 3.05) is 5.33 Å². The van der Waals surface area contributed by atoms with E-state index in [0.29, 0.717) is 5.41 Å². The largest absolute Gasteiger partial charge is 0.103 e. The zero-order valence-electron chi connectivity index (χ0n) is 7.70. The van der Waals surface area contributed by atoms with Gasteiger partial charge in [-0.05, 0) is 31.1 Å². The third-order valence-electron chi connectivity index (χ3n) is 2.36. The Morgan fingerprint density at radius 3 is 2.55 bits per heavy atom. The third-order valence-corrected chi connectivity index (χ3v) is 3.72. The van der Waals surface area contributed by atoms with Crippen molar-refractivity contribution in [2.45, 2.75) is 39.5 Å². The number of alkyl halides is 1. The summed E-state index contributed by atoms with van der Waals surface area (Å²) < 4.78 is 0. The summed E-state index contributed by atoms with van der Waals surface area (Å²) in [5.41, 5.74) is 0.503. The maximum Gasteiger partial charge on any atom is 0.00852 e. The van der Waals surface area contributed by atoms with Crippen molar-refractivity contribution in [3.8, 4) is 0 Å². The molecular weight excluding hydrogens is 200 g/mol. The topological polar surface area (TPSA) is 0 Å². The number of halogens is 1. The van der Waals surface area contributed by atoms with Crippen molar-refractivity contribution in [3.05, 3.63) is 12.7 Å². The minimum atomic E-state index is 0.503. The predicted octanol–water partition coefficient (Wildman–Crippen LogP) is 4.15. The van der Waals surface area contributed by atoms with Gasteiger partial charge in [-0.15, -0.1) is 6.58 Å². The van der Waals surface area contributed by atoms with Gasteiger partial charge in [0.15, 0.2) is 0 Å². The van der Waals surface area contributed by atoms with Crippen LogP contribution >= 0.6 is 15.9 Å². The lowest BCUT2D eigenvalue weighted by atomic mass is 9.85. The molecule has 0 amide bonds. The van der Waals surface area contributed by atoms with E-state index < -0.39 is 0 Å². The van der Waals surface area contributed by atoms with Gasteiger partial charge in [0.25, 0.3) is 0 Å². The third kappa shape index (κ3) is 4.62. The second-order valence-electron chi connectivity index (χ2n) is 3.48. The van der Waals surface area contributed by atoms with Gasteiger partial charge >= 0.3 is 0 Å². The van der Waals surface area contributed by atoms with E-state index in [2.05, 4.69) is 36.4 Å². The first-order valence-corrected chi connectivity index (χ1v) is 5.47. The molecule has 0 aromatic carbocycles. The maximum atomic E-state index is 3.72. The Bertz CT molecular complexity index is 103. The van der Waals surface area contributed by atoms with Crippen LogP contribution in [0.15, 0.2) is 12.7 Å². The lowest BCUT2D eigenvalue weighted by molar-refractivity contribution is 0.325. The van der Waals surface area contributed by atoms with Crippen molar-refractivity contribution in [1.82, 2.24) is 0 Å². The molecule has 66 valence electrons. The Morgan fingerprint density at radius 2 is 2.18 bits per heavy atom. The minimum Gasteiger partial charge on any atom is -0.103 e. The van der Waals surface area contributed by atoms with Crippen LogP contribution in [0.3, 0.4) is 0 Å². The molecule has 0 N–H and O–H groups in total. The van der Waals surface area contributed by atoms with E-state index in [0.717, 1.165) is 11.8 Å². The average molecular weight is 219 g/mol. The molecule has 0 rings (SSSR count). The van der Waals surface area contributed by atoms with Crippen LogP contribution in [-0.4, -0.2) is 5.33 Å². The molecule has 0 aliphatic heterocycles. The molecule has 0 aliphatic carbocycles. The first kappa shape index (κ1) is 11.2. The molecule has 1 unspecified atom stereocenters. The molecule has 0 heterocycles. The van der Waals surface area contributed by atoms with E-state index >= 15 is 0 Å². The number of hydrogen-bond donors (Lipinski definition) is 0. The summed E-state index contributed by atoms with van der Waals surface area (Å²) in [4.78, 5) is 0. The fourth-order valence-electron chi connectivity index (χ4n) is 1.01. The van der Waals surface area contributed by atoms with E-state index in [9.17, 15) is 0 Å². The Kier molecular flexibility index (Phi) is 5.93. The molecule has 0 radical (unpaired) electrons. The van der Waals surface area contributed by atoms with Gasteiger partial charge in [-0.1, -0.05) is 35.9 Å². The Hall–Kier alpha value is 0.220. The molecule has 0 saturated carbocycles. The standard InChI is InChI=1S/C10H19Br/c1-4-6-7-8-10(3,5-2)9-11/h4H,1,5-9H2,2-3H3. The van der Waals surface area contributed by atoms with E-state index in [4.69, 9.17) is 0 Å². The van der Waals surface area contributed by atoms with Gasteiger partial charge in [0.2, 0.25) is 0 Å². The van der Waals surface area contributed by atoms with Gasteiger partial charge in [-0.2, -0.15) is 0 Å². The summed E-state index contributed by atoms with van der Waals surface area (Å²) >= 11 is 3.56. The minimum absolute atomic E-state index is 0.503. The average Bonchev–Trinajstić information content (AvgIpc) is 2.05. The summed E-state index contributed by atoms with van der Waals surface area (Å²) in [6.07, 6.45) is 7.00. The highest BCUT2D eigenvalue weighted by Gasteiger charge is 2.18. The molecule has 11 heavy (non-hydrogen) atoms. The molecule has 0 saturated heterocycles. The number of unbranched alkanes of at least 4 members (excludes halogenated alkanes) is 1.